The number of hydrogen-bond donors (Lipinski definition) is 0. The summed E-state index contributed by atoms with van der Waals surface area (Å²) in [6.07, 6.45) is 23.6. The molecule has 0 N–H and O–H groups in total. The van der Waals surface area contributed by atoms with Crippen LogP contribution in [0.5, 0.6) is 0 Å². The van der Waals surface area contributed by atoms with Crippen LogP contribution in [-0.2, 0) is 13.6 Å². The van der Waals surface area contributed by atoms with Crippen LogP contribution in [0.3, 0.4) is 0 Å². The van der Waals surface area contributed by atoms with Crippen LogP contribution in [0.2, 0.25) is 0 Å². The molecule has 0 atom stereocenters. The molecule has 3 nitrogen and oxygen atoms in total. The number of rotatable bonds is 20. The standard InChI is InChI=1S/C21H45O3P/c1-4-5-6-7-8-9-10-11-12-13-14-15-16-17-18-19-20-21-25(22,23-2)24-3/h4-21H2,1-3H3. The van der Waals surface area contributed by atoms with Gasteiger partial charge in [0.1, 0.15) is 0 Å². The van der Waals surface area contributed by atoms with Crippen molar-refractivity contribution in [3.05, 3.63) is 0 Å². The number of unbranched alkanes of at least 4 members (excludes halogenated alkanes) is 16. The number of hydrogen-bond acceptors (Lipinski definition) is 3. The molecule has 152 valence electrons. The molecule has 0 aliphatic rings. The molecular formula is C21H45O3P. The monoisotopic (exact) mass is 376 g/mol. The average Bonchev–Trinajstić information content (AvgIpc) is 2.64. The van der Waals surface area contributed by atoms with Crippen molar-refractivity contribution in [2.24, 2.45) is 0 Å². The second-order valence-electron chi connectivity index (χ2n) is 7.36. The average molecular weight is 377 g/mol. The summed E-state index contributed by atoms with van der Waals surface area (Å²) in [7, 11) is 0.169. The zero-order valence-electron chi connectivity index (χ0n) is 17.4. The largest absolute Gasteiger partial charge is 0.330 e. The zero-order chi connectivity index (χ0) is 18.6. The highest BCUT2D eigenvalue weighted by Crippen LogP contribution is 2.47. The summed E-state index contributed by atoms with van der Waals surface area (Å²) < 4.78 is 21.8. The quantitative estimate of drug-likeness (QED) is 0.159. The van der Waals surface area contributed by atoms with Gasteiger partial charge in [-0.25, -0.2) is 0 Å². The Labute approximate surface area is 158 Å². The van der Waals surface area contributed by atoms with Gasteiger partial charge in [0.2, 0.25) is 0 Å². The SMILES string of the molecule is CCCCCCCCCCCCCCCCCCCP(=O)(OC)OC. The molecule has 0 amide bonds. The van der Waals surface area contributed by atoms with Gasteiger partial charge in [-0.05, 0) is 6.42 Å². The lowest BCUT2D eigenvalue weighted by Gasteiger charge is -2.12. The summed E-state index contributed by atoms with van der Waals surface area (Å²) in [4.78, 5) is 0. The van der Waals surface area contributed by atoms with E-state index >= 15 is 0 Å². The van der Waals surface area contributed by atoms with Crippen molar-refractivity contribution in [3.8, 4) is 0 Å². The summed E-state index contributed by atoms with van der Waals surface area (Å²) in [6, 6.07) is 0. The van der Waals surface area contributed by atoms with Gasteiger partial charge >= 0.3 is 7.60 Å². The first-order chi connectivity index (χ1) is 12.2. The Bertz CT molecular complexity index is 300. The van der Waals surface area contributed by atoms with Crippen molar-refractivity contribution >= 4 is 7.60 Å². The first-order valence-corrected chi connectivity index (χ1v) is 12.6. The predicted octanol–water partition coefficient (Wildman–Crippen LogP) is 8.12. The highest BCUT2D eigenvalue weighted by molar-refractivity contribution is 7.53. The molecule has 0 aromatic rings. The second kappa shape index (κ2) is 18.9. The van der Waals surface area contributed by atoms with E-state index in [0.717, 1.165) is 12.8 Å². The van der Waals surface area contributed by atoms with Gasteiger partial charge in [0.15, 0.2) is 0 Å². The molecule has 0 saturated heterocycles. The van der Waals surface area contributed by atoms with E-state index in [1.54, 1.807) is 0 Å². The van der Waals surface area contributed by atoms with Crippen molar-refractivity contribution in [1.82, 2.24) is 0 Å². The Morgan fingerprint density at radius 2 is 0.800 bits per heavy atom. The maximum atomic E-state index is 11.9. The van der Waals surface area contributed by atoms with E-state index in [4.69, 9.17) is 9.05 Å². The second-order valence-corrected chi connectivity index (χ2v) is 9.76. The molecule has 0 bridgehead atoms. The fraction of sp³-hybridized carbons (Fsp3) is 1.00. The Hall–Kier alpha value is 0.150. The van der Waals surface area contributed by atoms with Crippen LogP contribution in [0.15, 0.2) is 0 Å². The Morgan fingerprint density at radius 1 is 0.520 bits per heavy atom. The topological polar surface area (TPSA) is 35.5 Å². The van der Waals surface area contributed by atoms with E-state index < -0.39 is 7.60 Å². The third-order valence-electron chi connectivity index (χ3n) is 5.09. The smallest absolute Gasteiger partial charge is 0.312 e. The molecule has 0 aliphatic heterocycles. The lowest BCUT2D eigenvalue weighted by atomic mass is 10.0. The molecule has 0 heterocycles. The third-order valence-corrected chi connectivity index (χ3v) is 7.07. The van der Waals surface area contributed by atoms with Crippen LogP contribution in [0.4, 0.5) is 0 Å². The first kappa shape index (κ1) is 25.1. The predicted molar refractivity (Wildman–Crippen MR) is 111 cm³/mol. The van der Waals surface area contributed by atoms with Crippen LogP contribution in [-0.4, -0.2) is 20.4 Å². The van der Waals surface area contributed by atoms with Crippen LogP contribution < -0.4 is 0 Å². The Kier molecular flexibility index (Phi) is 19.0. The van der Waals surface area contributed by atoms with E-state index in [1.807, 2.05) is 0 Å². The van der Waals surface area contributed by atoms with Gasteiger partial charge in [0.05, 0.1) is 6.16 Å². The Morgan fingerprint density at radius 3 is 1.08 bits per heavy atom. The van der Waals surface area contributed by atoms with Crippen molar-refractivity contribution < 1.29 is 13.6 Å². The summed E-state index contributed by atoms with van der Waals surface area (Å²) >= 11 is 0. The van der Waals surface area contributed by atoms with Gasteiger partial charge in [0.25, 0.3) is 0 Å². The third kappa shape index (κ3) is 17.3. The van der Waals surface area contributed by atoms with E-state index in [1.165, 1.54) is 111 Å². The van der Waals surface area contributed by atoms with E-state index in [-0.39, 0.29) is 0 Å². The molecule has 0 rings (SSSR count). The minimum Gasteiger partial charge on any atom is -0.312 e. The van der Waals surface area contributed by atoms with Gasteiger partial charge in [-0.2, -0.15) is 0 Å². The maximum Gasteiger partial charge on any atom is 0.330 e. The summed E-state index contributed by atoms with van der Waals surface area (Å²) in [5, 5.41) is 0. The molecule has 0 saturated carbocycles. The van der Waals surface area contributed by atoms with E-state index in [9.17, 15) is 4.57 Å². The molecule has 0 spiro atoms. The summed E-state index contributed by atoms with van der Waals surface area (Å²) in [6.45, 7) is 2.28. The van der Waals surface area contributed by atoms with E-state index in [2.05, 4.69) is 6.92 Å². The normalized spacial score (nSPS) is 12.0. The minimum atomic E-state index is -2.77. The van der Waals surface area contributed by atoms with Gasteiger partial charge in [-0.15, -0.1) is 0 Å². The van der Waals surface area contributed by atoms with Crippen LogP contribution >= 0.6 is 7.60 Å². The molecule has 0 fully saturated rings. The lowest BCUT2D eigenvalue weighted by Crippen LogP contribution is -1.94. The van der Waals surface area contributed by atoms with Gasteiger partial charge in [-0.1, -0.05) is 110 Å². The molecule has 0 aliphatic carbocycles. The fourth-order valence-corrected chi connectivity index (χ4v) is 4.41. The molecule has 25 heavy (non-hydrogen) atoms. The molecule has 0 aromatic heterocycles. The van der Waals surface area contributed by atoms with Crippen LogP contribution in [0.1, 0.15) is 116 Å². The van der Waals surface area contributed by atoms with Crippen molar-refractivity contribution in [3.63, 3.8) is 0 Å². The summed E-state index contributed by atoms with van der Waals surface area (Å²) in [5.74, 6) is 0. The maximum absolute atomic E-state index is 11.9. The molecule has 0 radical (unpaired) electrons. The molecule has 0 unspecified atom stereocenters. The van der Waals surface area contributed by atoms with Crippen molar-refractivity contribution in [1.29, 1.82) is 0 Å². The molecule has 4 heteroatoms. The summed E-state index contributed by atoms with van der Waals surface area (Å²) in [5.41, 5.74) is 0. The molecular weight excluding hydrogens is 331 g/mol. The van der Waals surface area contributed by atoms with Gasteiger partial charge in [-0.3, -0.25) is 4.57 Å². The minimum absolute atomic E-state index is 0.554. The van der Waals surface area contributed by atoms with Crippen LogP contribution in [0.25, 0.3) is 0 Å². The van der Waals surface area contributed by atoms with Crippen molar-refractivity contribution in [2.75, 3.05) is 20.4 Å². The van der Waals surface area contributed by atoms with Gasteiger partial charge in [0, 0.05) is 14.2 Å². The van der Waals surface area contributed by atoms with Crippen LogP contribution in [0, 0.1) is 0 Å². The zero-order valence-corrected chi connectivity index (χ0v) is 18.3. The fourth-order valence-electron chi connectivity index (χ4n) is 3.29. The first-order valence-electron chi connectivity index (χ1n) is 10.9. The molecule has 0 aromatic carbocycles. The van der Waals surface area contributed by atoms with Gasteiger partial charge < -0.3 is 9.05 Å². The highest BCUT2D eigenvalue weighted by atomic mass is 31.2. The lowest BCUT2D eigenvalue weighted by molar-refractivity contribution is 0.275. The van der Waals surface area contributed by atoms with Crippen molar-refractivity contribution in [2.45, 2.75) is 116 Å². The highest BCUT2D eigenvalue weighted by Gasteiger charge is 2.19. The Balaban J connectivity index is 3.13. The van der Waals surface area contributed by atoms with E-state index in [0.29, 0.717) is 6.16 Å².